The Bertz CT molecular complexity index is 5870. The number of benzene rings is 14. The maximum Gasteiger partial charge on any atom is 0.494 e. The number of rotatable bonds is 4. The molecule has 0 saturated carbocycles. The summed E-state index contributed by atoms with van der Waals surface area (Å²) in [5.74, 6) is 0. The molecule has 0 unspecified atom stereocenters. The Labute approximate surface area is 540 Å². The quantitative estimate of drug-likeness (QED) is 0.100. The molecule has 5 heterocycles. The minimum atomic E-state index is -0.392. The van der Waals surface area contributed by atoms with Crippen molar-refractivity contribution in [1.29, 1.82) is 0 Å². The van der Waals surface area contributed by atoms with E-state index in [0.717, 1.165) is 49.7 Å². The molecule has 1 fully saturated rings. The highest BCUT2D eigenvalue weighted by Crippen LogP contribution is 2.46. The summed E-state index contributed by atoms with van der Waals surface area (Å²) < 4.78 is 18.4. The smallest absolute Gasteiger partial charge is 0.399 e. The molecule has 0 spiro atoms. The zero-order chi connectivity index (χ0) is 61.8. The number of aromatic nitrogens is 4. The molecule has 19 rings (SSSR count). The van der Waals surface area contributed by atoms with E-state index < -0.39 is 7.12 Å². The summed E-state index contributed by atoms with van der Waals surface area (Å²) in [6.07, 6.45) is 0. The summed E-state index contributed by atoms with van der Waals surface area (Å²) in [5.41, 5.74) is 16.3. The summed E-state index contributed by atoms with van der Waals surface area (Å²) >= 11 is 3.79. The normalized spacial score (nSPS) is 13.8. The van der Waals surface area contributed by atoms with Crippen molar-refractivity contribution in [2.45, 2.75) is 38.9 Å². The van der Waals surface area contributed by atoms with E-state index in [9.17, 15) is 0 Å². The Morgan fingerprint density at radius 2 is 0.609 bits per heavy atom. The van der Waals surface area contributed by atoms with Gasteiger partial charge in [-0.25, -0.2) is 9.97 Å². The first-order chi connectivity index (χ1) is 45.1. The molecular weight excluding hydrogens is 1190 g/mol. The highest BCUT2D eigenvalue weighted by molar-refractivity contribution is 9.10. The highest BCUT2D eigenvalue weighted by atomic mass is 79.9. The average Bonchev–Trinajstić information content (AvgIpc) is 1.53. The number of fused-ring (bicyclic) bond motifs is 20. The second-order valence-corrected chi connectivity index (χ2v) is 25.9. The largest absolute Gasteiger partial charge is 0.494 e. The monoisotopic (exact) mass is 1250 g/mol. The molecule has 14 aromatic carbocycles. The molecule has 1 aliphatic rings. The topological polar surface area (TPSA) is 53.1 Å². The second kappa shape index (κ2) is 21.9. The Morgan fingerprint density at radius 3 is 1.03 bits per heavy atom. The van der Waals surface area contributed by atoms with Gasteiger partial charge >= 0.3 is 7.12 Å². The second-order valence-electron chi connectivity index (χ2n) is 25.1. The first-order valence-corrected chi connectivity index (χ1v) is 32.3. The van der Waals surface area contributed by atoms with Gasteiger partial charge in [-0.3, -0.25) is 8.80 Å². The van der Waals surface area contributed by atoms with E-state index in [1.54, 1.807) is 0 Å². The van der Waals surface area contributed by atoms with Crippen LogP contribution in [0, 0.1) is 0 Å². The van der Waals surface area contributed by atoms with Crippen LogP contribution in [0.2, 0.25) is 0 Å². The van der Waals surface area contributed by atoms with Gasteiger partial charge in [0.15, 0.2) is 0 Å². The number of hydrogen-bond acceptors (Lipinski definition) is 4. The number of imidazole rings is 2. The zero-order valence-electron chi connectivity index (χ0n) is 51.3. The van der Waals surface area contributed by atoms with Gasteiger partial charge in [-0.05, 0) is 173 Å². The first-order valence-electron chi connectivity index (χ1n) is 31.5. The molecule has 0 radical (unpaired) electrons. The molecule has 1 saturated heterocycles. The lowest BCUT2D eigenvalue weighted by atomic mass is 9.79. The van der Waals surface area contributed by atoms with Crippen molar-refractivity contribution in [3.05, 3.63) is 296 Å². The fourth-order valence-corrected chi connectivity index (χ4v) is 15.0. The van der Waals surface area contributed by atoms with Gasteiger partial charge in [0, 0.05) is 26.0 Å². The standard InChI is InChI=1S/C39H24N2.C25H23BN2O2.C20H13Br/c1-2-12-25(13-3-1)37-29-16-5-7-18-31(29)38(32-19-8-6-17-30(32)37)26-22-23-34-36(24-26)41-35-21-11-10-15-28(35)27-14-4-9-20-33(27)39(41)40-34;1-24(2)25(3,4)30-26(29-24)16-13-14-20-22(15-16)28-21-12-8-7-10-18(21)17-9-5-6-11-19(17)23(28)27-20;21-20-17-12-6-4-10-15(17)19(14-8-2-1-3-9-14)16-11-5-7-13-18(16)20/h1-24H;5-15H,1-4H3;1-13H. The summed E-state index contributed by atoms with van der Waals surface area (Å²) in [6.45, 7) is 8.33. The van der Waals surface area contributed by atoms with E-state index in [4.69, 9.17) is 19.3 Å². The van der Waals surface area contributed by atoms with E-state index in [2.05, 4.69) is 344 Å². The van der Waals surface area contributed by atoms with E-state index >= 15 is 0 Å². The maximum absolute atomic E-state index is 6.29. The lowest BCUT2D eigenvalue weighted by Crippen LogP contribution is -2.41. The van der Waals surface area contributed by atoms with Gasteiger partial charge in [0.2, 0.25) is 0 Å². The molecule has 0 atom stereocenters. The van der Waals surface area contributed by atoms with Crippen molar-refractivity contribution in [3.8, 4) is 33.4 Å². The van der Waals surface area contributed by atoms with Crippen LogP contribution in [0.25, 0.3) is 153 Å². The molecule has 0 bridgehead atoms. The third-order valence-electron chi connectivity index (χ3n) is 19.3. The summed E-state index contributed by atoms with van der Waals surface area (Å²) in [7, 11) is -0.392. The number of para-hydroxylation sites is 2. The van der Waals surface area contributed by atoms with Crippen LogP contribution in [-0.2, 0) is 9.31 Å². The third-order valence-corrected chi connectivity index (χ3v) is 20.1. The Hall–Kier alpha value is -10.5. The molecule has 92 heavy (non-hydrogen) atoms. The lowest BCUT2D eigenvalue weighted by molar-refractivity contribution is 0.00578. The SMILES string of the molecule is Brc1c2ccccc2c(-c2ccccc2)c2ccccc12.CC1(C)OB(c2ccc3nc4c5ccccc5c5ccccc5n4c3c2)OC1(C)C.c1ccc(-c2c3ccccc3c(-c3ccc4nc5c6ccccc6c6ccccc6n5c4c3)c3ccccc23)cc1. The summed E-state index contributed by atoms with van der Waals surface area (Å²) in [6, 6.07) is 104. The van der Waals surface area contributed by atoms with Gasteiger partial charge in [-0.1, -0.05) is 255 Å². The number of nitrogens with zero attached hydrogens (tertiary/aromatic N) is 4. The molecule has 1 aliphatic heterocycles. The molecule has 6 nitrogen and oxygen atoms in total. The highest BCUT2D eigenvalue weighted by Gasteiger charge is 2.51. The molecular formula is C84H60BBrN4O2. The van der Waals surface area contributed by atoms with Crippen molar-refractivity contribution >= 4 is 148 Å². The zero-order valence-corrected chi connectivity index (χ0v) is 52.9. The van der Waals surface area contributed by atoms with Gasteiger partial charge in [0.1, 0.15) is 11.3 Å². The van der Waals surface area contributed by atoms with Crippen molar-refractivity contribution in [3.63, 3.8) is 0 Å². The molecule has 0 N–H and O–H groups in total. The molecule has 4 aromatic heterocycles. The molecule has 0 amide bonds. The van der Waals surface area contributed by atoms with Gasteiger partial charge < -0.3 is 9.31 Å². The number of hydrogen-bond donors (Lipinski definition) is 0. The minimum absolute atomic E-state index is 0.366. The van der Waals surface area contributed by atoms with Gasteiger partial charge in [-0.2, -0.15) is 0 Å². The van der Waals surface area contributed by atoms with E-state index in [1.165, 1.54) is 113 Å². The summed E-state index contributed by atoms with van der Waals surface area (Å²) in [4.78, 5) is 10.2. The van der Waals surface area contributed by atoms with E-state index in [-0.39, 0.29) is 11.2 Å². The van der Waals surface area contributed by atoms with Gasteiger partial charge in [0.05, 0.1) is 44.3 Å². The van der Waals surface area contributed by atoms with E-state index in [0.29, 0.717) is 0 Å². The van der Waals surface area contributed by atoms with Crippen molar-refractivity contribution < 1.29 is 9.31 Å². The van der Waals surface area contributed by atoms with Crippen LogP contribution in [0.3, 0.4) is 0 Å². The molecule has 438 valence electrons. The lowest BCUT2D eigenvalue weighted by Gasteiger charge is -2.32. The number of pyridine rings is 2. The maximum atomic E-state index is 6.29. The fourth-order valence-electron chi connectivity index (χ4n) is 14.3. The fraction of sp³-hybridized carbons (Fsp3) is 0.0714. The molecule has 18 aromatic rings. The molecule has 8 heteroatoms. The Morgan fingerprint density at radius 1 is 0.293 bits per heavy atom. The molecule has 0 aliphatic carbocycles. The Balaban J connectivity index is 0.000000112. The third kappa shape index (κ3) is 8.92. The summed E-state index contributed by atoms with van der Waals surface area (Å²) in [5, 5.41) is 17.4. The van der Waals surface area contributed by atoms with Crippen LogP contribution in [0.15, 0.2) is 296 Å². The predicted octanol–water partition coefficient (Wildman–Crippen LogP) is 21.9. The van der Waals surface area contributed by atoms with Crippen molar-refractivity contribution in [2.75, 3.05) is 0 Å². The minimum Gasteiger partial charge on any atom is -0.399 e. The van der Waals surface area contributed by atoms with Gasteiger partial charge in [0.25, 0.3) is 0 Å². The first kappa shape index (κ1) is 55.6. The van der Waals surface area contributed by atoms with E-state index in [1.807, 2.05) is 0 Å². The van der Waals surface area contributed by atoms with Crippen LogP contribution in [0.5, 0.6) is 0 Å². The van der Waals surface area contributed by atoms with Crippen molar-refractivity contribution in [1.82, 2.24) is 18.8 Å². The van der Waals surface area contributed by atoms with Crippen molar-refractivity contribution in [2.24, 2.45) is 0 Å². The van der Waals surface area contributed by atoms with Gasteiger partial charge in [-0.15, -0.1) is 0 Å². The predicted molar refractivity (Wildman–Crippen MR) is 392 cm³/mol. The van der Waals surface area contributed by atoms with Crippen LogP contribution < -0.4 is 5.46 Å². The Kier molecular flexibility index (Phi) is 13.2. The average molecular weight is 1250 g/mol. The van der Waals surface area contributed by atoms with Crippen LogP contribution >= 0.6 is 15.9 Å². The number of halogens is 1. The van der Waals surface area contributed by atoms with Crippen LogP contribution in [0.4, 0.5) is 0 Å². The van der Waals surface area contributed by atoms with Crippen LogP contribution in [0.1, 0.15) is 27.7 Å². The van der Waals surface area contributed by atoms with Crippen LogP contribution in [-0.4, -0.2) is 37.1 Å².